The topological polar surface area (TPSA) is 110 Å². The lowest BCUT2D eigenvalue weighted by Gasteiger charge is -2.47. The van der Waals surface area contributed by atoms with Crippen molar-refractivity contribution in [2.24, 2.45) is 5.41 Å². The Bertz CT molecular complexity index is 1670. The van der Waals surface area contributed by atoms with Gasteiger partial charge in [0.05, 0.1) is 12.2 Å². The van der Waals surface area contributed by atoms with Gasteiger partial charge in [-0.05, 0) is 85.6 Å². The van der Waals surface area contributed by atoms with E-state index in [0.29, 0.717) is 52.7 Å². The number of benzene rings is 1. The molecule has 9 nitrogen and oxygen atoms in total. The Balaban J connectivity index is 1.19. The van der Waals surface area contributed by atoms with E-state index in [0.717, 1.165) is 17.7 Å². The molecule has 1 spiro atoms. The first-order valence-electron chi connectivity index (χ1n) is 14.8. The molecule has 2 fully saturated rings. The number of nitrogens with zero attached hydrogens (tertiary/aromatic N) is 5. The number of hydrogen-bond acceptors (Lipinski definition) is 7. The fourth-order valence-electron chi connectivity index (χ4n) is 6.98. The second-order valence-electron chi connectivity index (χ2n) is 12.1. The standard InChI is InChI=1S/C32H37N7O2/c1-3-17-38-29(40)25-18-34-30(35-24-8-5-21(6-9-24)22-11-14-31(15-12-22)19-33-20-31)37-28(25)39(38)26-10-7-23-13-16-32(41,4-2)27(23)36-26/h3,5-10,18,22,33,41H,1,4,11-17,19-20H2,2H3,(H,34,35,37)/t32-/m1/s1. The summed E-state index contributed by atoms with van der Waals surface area (Å²) in [4.78, 5) is 27.5. The van der Waals surface area contributed by atoms with E-state index in [1.807, 2.05) is 19.1 Å². The van der Waals surface area contributed by atoms with E-state index in [2.05, 4.69) is 46.5 Å². The lowest BCUT2D eigenvalue weighted by Crippen LogP contribution is -2.54. The quantitative estimate of drug-likeness (QED) is 0.286. The van der Waals surface area contributed by atoms with Gasteiger partial charge in [-0.3, -0.25) is 4.79 Å². The van der Waals surface area contributed by atoms with Crippen LogP contribution in [0, 0.1) is 5.41 Å². The molecule has 41 heavy (non-hydrogen) atoms. The maximum atomic E-state index is 13.4. The minimum absolute atomic E-state index is 0.212. The number of allylic oxidation sites excluding steroid dienone is 1. The van der Waals surface area contributed by atoms with Crippen molar-refractivity contribution < 1.29 is 5.11 Å². The molecule has 1 saturated carbocycles. The highest BCUT2D eigenvalue weighted by atomic mass is 16.3. The molecule has 0 unspecified atom stereocenters. The predicted octanol–water partition coefficient (Wildman–Crippen LogP) is 4.70. The zero-order valence-electron chi connectivity index (χ0n) is 23.6. The second-order valence-corrected chi connectivity index (χ2v) is 12.1. The van der Waals surface area contributed by atoms with Gasteiger partial charge in [0.25, 0.3) is 5.56 Å². The highest BCUT2D eigenvalue weighted by Gasteiger charge is 2.40. The van der Waals surface area contributed by atoms with Crippen molar-refractivity contribution in [3.8, 4) is 5.82 Å². The molecule has 2 aliphatic carbocycles. The highest BCUT2D eigenvalue weighted by Crippen LogP contribution is 2.45. The summed E-state index contributed by atoms with van der Waals surface area (Å²) in [6.07, 6.45) is 10.4. The molecule has 1 atom stereocenters. The molecule has 7 rings (SSSR count). The van der Waals surface area contributed by atoms with Crippen LogP contribution >= 0.6 is 0 Å². The van der Waals surface area contributed by atoms with E-state index in [-0.39, 0.29) is 12.1 Å². The molecule has 0 bridgehead atoms. The van der Waals surface area contributed by atoms with E-state index in [4.69, 9.17) is 9.97 Å². The lowest BCUT2D eigenvalue weighted by atomic mass is 9.66. The molecule has 4 aromatic rings. The Labute approximate surface area is 239 Å². The van der Waals surface area contributed by atoms with Crippen molar-refractivity contribution in [2.45, 2.75) is 69.9 Å². The Morgan fingerprint density at radius 3 is 2.59 bits per heavy atom. The lowest BCUT2D eigenvalue weighted by molar-refractivity contribution is 0.0306. The molecule has 212 valence electrons. The Morgan fingerprint density at radius 1 is 1.12 bits per heavy atom. The fraction of sp³-hybridized carbons (Fsp3) is 0.438. The summed E-state index contributed by atoms with van der Waals surface area (Å²) in [6.45, 7) is 8.46. The van der Waals surface area contributed by atoms with Crippen LogP contribution in [0.2, 0.25) is 0 Å². The van der Waals surface area contributed by atoms with Crippen LogP contribution in [0.3, 0.4) is 0 Å². The summed E-state index contributed by atoms with van der Waals surface area (Å²) >= 11 is 0. The Hall–Kier alpha value is -3.82. The molecule has 0 amide bonds. The van der Waals surface area contributed by atoms with E-state index >= 15 is 0 Å². The average molecular weight is 552 g/mol. The minimum Gasteiger partial charge on any atom is -0.384 e. The number of hydrogen-bond donors (Lipinski definition) is 3. The molecule has 9 heteroatoms. The van der Waals surface area contributed by atoms with Crippen molar-refractivity contribution >= 4 is 22.7 Å². The van der Waals surface area contributed by atoms with Crippen LogP contribution < -0.4 is 16.2 Å². The Morgan fingerprint density at radius 2 is 1.90 bits per heavy atom. The van der Waals surface area contributed by atoms with Gasteiger partial charge in [0.2, 0.25) is 5.95 Å². The van der Waals surface area contributed by atoms with Crippen molar-refractivity contribution in [1.29, 1.82) is 0 Å². The molecule has 4 heterocycles. The van der Waals surface area contributed by atoms with E-state index in [1.165, 1.54) is 44.3 Å². The monoisotopic (exact) mass is 551 g/mol. The van der Waals surface area contributed by atoms with Crippen LogP contribution in [0.5, 0.6) is 0 Å². The third-order valence-corrected chi connectivity index (χ3v) is 9.68. The molecule has 3 aliphatic rings. The third-order valence-electron chi connectivity index (χ3n) is 9.68. The van der Waals surface area contributed by atoms with Gasteiger partial charge in [-0.15, -0.1) is 6.58 Å². The van der Waals surface area contributed by atoms with E-state index in [9.17, 15) is 9.90 Å². The van der Waals surface area contributed by atoms with Crippen molar-refractivity contribution in [3.05, 3.63) is 82.4 Å². The normalized spacial score (nSPS) is 21.6. The van der Waals surface area contributed by atoms with Gasteiger partial charge < -0.3 is 15.7 Å². The summed E-state index contributed by atoms with van der Waals surface area (Å²) in [5.41, 5.74) is 3.85. The average Bonchev–Trinajstić information content (AvgIpc) is 3.46. The van der Waals surface area contributed by atoms with Crippen LogP contribution in [-0.4, -0.2) is 42.5 Å². The van der Waals surface area contributed by atoms with Gasteiger partial charge in [0, 0.05) is 25.0 Å². The van der Waals surface area contributed by atoms with Gasteiger partial charge in [-0.25, -0.2) is 19.3 Å². The van der Waals surface area contributed by atoms with Crippen LogP contribution in [0.25, 0.3) is 16.9 Å². The first-order chi connectivity index (χ1) is 19.9. The van der Waals surface area contributed by atoms with Crippen LogP contribution in [0.4, 0.5) is 11.6 Å². The Kier molecular flexibility index (Phi) is 6.32. The van der Waals surface area contributed by atoms with Crippen LogP contribution in [0.15, 0.2) is 60.0 Å². The first-order valence-corrected chi connectivity index (χ1v) is 14.8. The zero-order chi connectivity index (χ0) is 28.2. The van der Waals surface area contributed by atoms with Gasteiger partial charge in [0.15, 0.2) is 11.5 Å². The molecular weight excluding hydrogens is 514 g/mol. The van der Waals surface area contributed by atoms with Gasteiger partial charge in [0.1, 0.15) is 11.0 Å². The number of nitrogens with one attached hydrogen (secondary N) is 2. The summed E-state index contributed by atoms with van der Waals surface area (Å²) in [6, 6.07) is 12.5. The largest absolute Gasteiger partial charge is 0.384 e. The minimum atomic E-state index is -0.959. The molecular formula is C32H37N7O2. The van der Waals surface area contributed by atoms with E-state index < -0.39 is 5.60 Å². The zero-order valence-corrected chi connectivity index (χ0v) is 23.6. The number of aryl methyl sites for hydroxylation is 1. The maximum Gasteiger partial charge on any atom is 0.278 e. The van der Waals surface area contributed by atoms with Crippen LogP contribution in [-0.2, 0) is 18.6 Å². The SMILES string of the molecule is C=CCn1c(=O)c2cnc(Nc3ccc(C4CCC5(CC4)CNC5)cc3)nc2n1-c1ccc2c(n1)[C@@](O)(CC)CC2. The molecule has 3 aromatic heterocycles. The molecule has 0 radical (unpaired) electrons. The number of anilines is 2. The fourth-order valence-corrected chi connectivity index (χ4v) is 6.98. The number of fused-ring (bicyclic) bond motifs is 2. The predicted molar refractivity (Wildman–Crippen MR) is 160 cm³/mol. The number of rotatable bonds is 7. The highest BCUT2D eigenvalue weighted by molar-refractivity contribution is 5.77. The molecule has 1 aromatic carbocycles. The molecule has 1 aliphatic heterocycles. The van der Waals surface area contributed by atoms with E-state index in [1.54, 1.807) is 21.6 Å². The molecule has 3 N–H and O–H groups in total. The number of pyridine rings is 1. The van der Waals surface area contributed by atoms with Crippen molar-refractivity contribution in [2.75, 3.05) is 18.4 Å². The number of aromatic nitrogens is 5. The summed E-state index contributed by atoms with van der Waals surface area (Å²) in [7, 11) is 0. The molecule has 1 saturated heterocycles. The second kappa shape index (κ2) is 9.92. The summed E-state index contributed by atoms with van der Waals surface area (Å²) in [5, 5.41) is 18.3. The third kappa shape index (κ3) is 4.38. The van der Waals surface area contributed by atoms with Gasteiger partial charge in [-0.1, -0.05) is 31.2 Å². The van der Waals surface area contributed by atoms with Crippen LogP contribution in [0.1, 0.15) is 68.2 Å². The summed E-state index contributed by atoms with van der Waals surface area (Å²) < 4.78 is 3.28. The number of aliphatic hydroxyl groups is 1. The maximum absolute atomic E-state index is 13.4. The summed E-state index contributed by atoms with van der Waals surface area (Å²) in [5.74, 6) is 1.55. The van der Waals surface area contributed by atoms with Crippen molar-refractivity contribution in [1.82, 2.24) is 29.6 Å². The van der Waals surface area contributed by atoms with Gasteiger partial charge >= 0.3 is 0 Å². The van der Waals surface area contributed by atoms with Gasteiger partial charge in [-0.2, -0.15) is 4.98 Å². The first kappa shape index (κ1) is 26.1. The smallest absolute Gasteiger partial charge is 0.278 e. The van der Waals surface area contributed by atoms with Crippen molar-refractivity contribution in [3.63, 3.8) is 0 Å².